The van der Waals surface area contributed by atoms with Crippen LogP contribution in [0.4, 0.5) is 0 Å². The number of hydrogen-bond donors (Lipinski definition) is 2. The Morgan fingerprint density at radius 1 is 1.29 bits per heavy atom. The summed E-state index contributed by atoms with van der Waals surface area (Å²) in [4.78, 5) is 0. The molecule has 0 fully saturated rings. The fourth-order valence-electron chi connectivity index (χ4n) is 1.30. The molecular formula is C13H21NO3. The second-order valence-corrected chi connectivity index (χ2v) is 4.32. The fraction of sp³-hybridized carbons (Fsp3) is 0.538. The van der Waals surface area contributed by atoms with Crippen LogP contribution in [0.1, 0.15) is 20.3 Å². The summed E-state index contributed by atoms with van der Waals surface area (Å²) in [6.45, 7) is 4.80. The molecule has 0 heterocycles. The van der Waals surface area contributed by atoms with Gasteiger partial charge in [0.1, 0.15) is 11.5 Å². The molecule has 0 saturated heterocycles. The maximum atomic E-state index is 9.00. The van der Waals surface area contributed by atoms with Gasteiger partial charge < -0.3 is 20.3 Å². The van der Waals surface area contributed by atoms with Crippen molar-refractivity contribution in [1.29, 1.82) is 0 Å². The van der Waals surface area contributed by atoms with Crippen molar-refractivity contribution in [3.63, 3.8) is 0 Å². The van der Waals surface area contributed by atoms with Gasteiger partial charge in [0.2, 0.25) is 0 Å². The number of nitrogens with two attached hydrogens (primary N) is 1. The summed E-state index contributed by atoms with van der Waals surface area (Å²) in [5, 5.41) is 9.00. The number of aliphatic hydroxyl groups is 1. The Balaban J connectivity index is 2.44. The summed E-state index contributed by atoms with van der Waals surface area (Å²) in [5.41, 5.74) is 5.22. The van der Waals surface area contributed by atoms with E-state index in [4.69, 9.17) is 20.3 Å². The second kappa shape index (κ2) is 6.47. The quantitative estimate of drug-likeness (QED) is 0.758. The minimum Gasteiger partial charge on any atom is -0.494 e. The molecule has 4 heteroatoms. The Morgan fingerprint density at radius 2 is 1.94 bits per heavy atom. The van der Waals surface area contributed by atoms with Gasteiger partial charge in [-0.25, -0.2) is 0 Å². The van der Waals surface area contributed by atoms with Crippen LogP contribution in [0.5, 0.6) is 11.5 Å². The Bertz CT molecular complexity index is 339. The molecule has 0 aliphatic carbocycles. The number of aliphatic hydroxyl groups excluding tert-OH is 1. The molecule has 3 N–H and O–H groups in total. The smallest absolute Gasteiger partial charge is 0.122 e. The summed E-state index contributed by atoms with van der Waals surface area (Å²) in [7, 11) is 0. The van der Waals surface area contributed by atoms with Gasteiger partial charge >= 0.3 is 0 Å². The van der Waals surface area contributed by atoms with Crippen LogP contribution in [-0.4, -0.2) is 30.5 Å². The van der Waals surface area contributed by atoms with Gasteiger partial charge in [0, 0.05) is 18.0 Å². The number of hydrogen-bond acceptors (Lipinski definition) is 4. The Labute approximate surface area is 102 Å². The van der Waals surface area contributed by atoms with Crippen molar-refractivity contribution >= 4 is 0 Å². The standard InChI is InChI=1S/C13H21NO3/c1-3-16-11-5-4-6-12(9-11)17-8-7-13(2,14)10-15/h4-6,9,15H,3,7-8,10,14H2,1-2H3. The lowest BCUT2D eigenvalue weighted by Crippen LogP contribution is -2.41. The average molecular weight is 239 g/mol. The van der Waals surface area contributed by atoms with Crippen molar-refractivity contribution in [3.05, 3.63) is 24.3 Å². The van der Waals surface area contributed by atoms with E-state index in [0.717, 1.165) is 11.5 Å². The third kappa shape index (κ3) is 5.06. The van der Waals surface area contributed by atoms with Crippen molar-refractivity contribution in [2.24, 2.45) is 5.73 Å². The van der Waals surface area contributed by atoms with Crippen LogP contribution >= 0.6 is 0 Å². The van der Waals surface area contributed by atoms with E-state index >= 15 is 0 Å². The molecule has 17 heavy (non-hydrogen) atoms. The van der Waals surface area contributed by atoms with Crippen molar-refractivity contribution in [1.82, 2.24) is 0 Å². The number of benzene rings is 1. The average Bonchev–Trinajstić information content (AvgIpc) is 2.30. The third-order valence-corrected chi connectivity index (χ3v) is 2.42. The highest BCUT2D eigenvalue weighted by Gasteiger charge is 2.16. The largest absolute Gasteiger partial charge is 0.494 e. The maximum absolute atomic E-state index is 9.00. The van der Waals surface area contributed by atoms with Gasteiger partial charge in [-0.05, 0) is 26.0 Å². The number of rotatable bonds is 7. The van der Waals surface area contributed by atoms with Crippen LogP contribution in [0.15, 0.2) is 24.3 Å². The van der Waals surface area contributed by atoms with Gasteiger partial charge in [0.15, 0.2) is 0 Å². The highest BCUT2D eigenvalue weighted by atomic mass is 16.5. The first-order valence-corrected chi connectivity index (χ1v) is 5.83. The Morgan fingerprint density at radius 3 is 2.53 bits per heavy atom. The van der Waals surface area contributed by atoms with Gasteiger partial charge in [-0.3, -0.25) is 0 Å². The molecular weight excluding hydrogens is 218 g/mol. The van der Waals surface area contributed by atoms with Crippen LogP contribution in [0.3, 0.4) is 0 Å². The molecule has 1 unspecified atom stereocenters. The summed E-state index contributed by atoms with van der Waals surface area (Å²) in [6.07, 6.45) is 0.600. The highest BCUT2D eigenvalue weighted by molar-refractivity contribution is 5.32. The Kier molecular flexibility index (Phi) is 5.25. The van der Waals surface area contributed by atoms with Crippen LogP contribution in [0.25, 0.3) is 0 Å². The molecule has 0 spiro atoms. The van der Waals surface area contributed by atoms with Crippen molar-refractivity contribution in [2.45, 2.75) is 25.8 Å². The molecule has 1 aromatic rings. The van der Waals surface area contributed by atoms with Gasteiger partial charge in [0.25, 0.3) is 0 Å². The second-order valence-electron chi connectivity index (χ2n) is 4.32. The lowest BCUT2D eigenvalue weighted by atomic mass is 10.0. The molecule has 1 atom stereocenters. The van der Waals surface area contributed by atoms with E-state index in [0.29, 0.717) is 19.6 Å². The molecule has 0 bridgehead atoms. The molecule has 0 saturated carbocycles. The molecule has 96 valence electrons. The van der Waals surface area contributed by atoms with E-state index in [1.807, 2.05) is 31.2 Å². The molecule has 0 aromatic heterocycles. The maximum Gasteiger partial charge on any atom is 0.122 e. The number of ether oxygens (including phenoxy) is 2. The predicted octanol–water partition coefficient (Wildman–Crippen LogP) is 1.56. The summed E-state index contributed by atoms with van der Waals surface area (Å²) in [6, 6.07) is 7.48. The summed E-state index contributed by atoms with van der Waals surface area (Å²) in [5.74, 6) is 1.55. The molecule has 1 aromatic carbocycles. The van der Waals surface area contributed by atoms with Crippen LogP contribution in [-0.2, 0) is 0 Å². The van der Waals surface area contributed by atoms with E-state index in [1.54, 1.807) is 6.92 Å². The lowest BCUT2D eigenvalue weighted by Gasteiger charge is -2.21. The monoisotopic (exact) mass is 239 g/mol. The highest BCUT2D eigenvalue weighted by Crippen LogP contribution is 2.19. The van der Waals surface area contributed by atoms with Gasteiger partial charge in [0.05, 0.1) is 19.8 Å². The molecule has 0 radical (unpaired) electrons. The van der Waals surface area contributed by atoms with E-state index < -0.39 is 5.54 Å². The van der Waals surface area contributed by atoms with Crippen molar-refractivity contribution in [3.8, 4) is 11.5 Å². The normalized spacial score (nSPS) is 14.1. The van der Waals surface area contributed by atoms with E-state index in [2.05, 4.69) is 0 Å². The lowest BCUT2D eigenvalue weighted by molar-refractivity contribution is 0.175. The Hall–Kier alpha value is -1.26. The minimum absolute atomic E-state index is 0.0463. The molecule has 0 aliphatic heterocycles. The van der Waals surface area contributed by atoms with Crippen molar-refractivity contribution < 1.29 is 14.6 Å². The summed E-state index contributed by atoms with van der Waals surface area (Å²) >= 11 is 0. The van der Waals surface area contributed by atoms with E-state index in [1.165, 1.54) is 0 Å². The SMILES string of the molecule is CCOc1cccc(OCCC(C)(N)CO)c1. The zero-order valence-electron chi connectivity index (χ0n) is 10.5. The topological polar surface area (TPSA) is 64.7 Å². The van der Waals surface area contributed by atoms with Crippen molar-refractivity contribution in [2.75, 3.05) is 19.8 Å². The molecule has 0 amide bonds. The third-order valence-electron chi connectivity index (χ3n) is 2.42. The zero-order chi connectivity index (χ0) is 12.7. The molecule has 0 aliphatic rings. The first kappa shape index (κ1) is 13.8. The molecule has 4 nitrogen and oxygen atoms in total. The van der Waals surface area contributed by atoms with Gasteiger partial charge in [-0.2, -0.15) is 0 Å². The minimum atomic E-state index is -0.586. The predicted molar refractivity (Wildman–Crippen MR) is 67.4 cm³/mol. The van der Waals surface area contributed by atoms with Crippen LogP contribution in [0, 0.1) is 0 Å². The van der Waals surface area contributed by atoms with E-state index in [9.17, 15) is 0 Å². The van der Waals surface area contributed by atoms with Crippen LogP contribution in [0.2, 0.25) is 0 Å². The first-order valence-electron chi connectivity index (χ1n) is 5.83. The summed E-state index contributed by atoms with van der Waals surface area (Å²) < 4.78 is 10.9. The van der Waals surface area contributed by atoms with Gasteiger partial charge in [-0.1, -0.05) is 6.07 Å². The van der Waals surface area contributed by atoms with Crippen LogP contribution < -0.4 is 15.2 Å². The zero-order valence-corrected chi connectivity index (χ0v) is 10.5. The van der Waals surface area contributed by atoms with Gasteiger partial charge in [-0.15, -0.1) is 0 Å². The molecule has 1 rings (SSSR count). The fourth-order valence-corrected chi connectivity index (χ4v) is 1.30. The van der Waals surface area contributed by atoms with E-state index in [-0.39, 0.29) is 6.61 Å². The first-order chi connectivity index (χ1) is 8.07.